The number of esters is 1. The fourth-order valence-electron chi connectivity index (χ4n) is 2.58. The summed E-state index contributed by atoms with van der Waals surface area (Å²) < 4.78 is 5.20. The minimum Gasteiger partial charge on any atom is -0.480 e. The van der Waals surface area contributed by atoms with Crippen molar-refractivity contribution in [3.8, 4) is 0 Å². The SMILES string of the molecule is C=C1C(=O)O[C@@H](CCCCCCCC)[C@@H]1C(=O)NCC(=O)O. The summed E-state index contributed by atoms with van der Waals surface area (Å²) in [5, 5.41) is 10.9. The van der Waals surface area contributed by atoms with E-state index in [0.29, 0.717) is 6.42 Å². The Hall–Kier alpha value is -1.85. The largest absolute Gasteiger partial charge is 0.480 e. The quantitative estimate of drug-likeness (QED) is 0.366. The lowest BCUT2D eigenvalue weighted by molar-refractivity contribution is -0.141. The van der Waals surface area contributed by atoms with Crippen molar-refractivity contribution >= 4 is 17.8 Å². The third-order valence-corrected chi connectivity index (χ3v) is 3.81. The molecule has 6 heteroatoms. The number of carboxylic acid groups (broad SMARTS) is 1. The van der Waals surface area contributed by atoms with E-state index in [-0.39, 0.29) is 5.57 Å². The van der Waals surface area contributed by atoms with Gasteiger partial charge in [-0.15, -0.1) is 0 Å². The van der Waals surface area contributed by atoms with Gasteiger partial charge in [-0.05, 0) is 12.8 Å². The molecule has 0 radical (unpaired) electrons. The summed E-state index contributed by atoms with van der Waals surface area (Å²) in [6, 6.07) is 0. The molecule has 124 valence electrons. The van der Waals surface area contributed by atoms with Crippen molar-refractivity contribution in [3.63, 3.8) is 0 Å². The van der Waals surface area contributed by atoms with E-state index in [2.05, 4.69) is 18.8 Å². The highest BCUT2D eigenvalue weighted by molar-refractivity contribution is 6.00. The van der Waals surface area contributed by atoms with Crippen molar-refractivity contribution in [2.24, 2.45) is 5.92 Å². The number of hydrogen-bond donors (Lipinski definition) is 2. The number of carbonyl (C=O) groups excluding carboxylic acids is 2. The van der Waals surface area contributed by atoms with Crippen LogP contribution in [0.1, 0.15) is 51.9 Å². The minimum absolute atomic E-state index is 0.110. The van der Waals surface area contributed by atoms with Crippen LogP contribution in [0.5, 0.6) is 0 Å². The van der Waals surface area contributed by atoms with Gasteiger partial charge in [0.1, 0.15) is 18.6 Å². The zero-order valence-corrected chi connectivity index (χ0v) is 13.1. The van der Waals surface area contributed by atoms with Crippen LogP contribution >= 0.6 is 0 Å². The lowest BCUT2D eigenvalue weighted by Gasteiger charge is -2.16. The number of unbranched alkanes of at least 4 members (excludes halogenated alkanes) is 5. The zero-order chi connectivity index (χ0) is 16.5. The van der Waals surface area contributed by atoms with Gasteiger partial charge in [0, 0.05) is 5.57 Å². The Bertz CT molecular complexity index is 432. The van der Waals surface area contributed by atoms with Crippen LogP contribution in [0.2, 0.25) is 0 Å². The smallest absolute Gasteiger partial charge is 0.334 e. The van der Waals surface area contributed by atoms with E-state index in [1.807, 2.05) is 0 Å². The molecule has 2 N–H and O–H groups in total. The molecule has 0 spiro atoms. The molecule has 0 aliphatic carbocycles. The monoisotopic (exact) mass is 311 g/mol. The summed E-state index contributed by atoms with van der Waals surface area (Å²) in [4.78, 5) is 34.1. The van der Waals surface area contributed by atoms with E-state index >= 15 is 0 Å². The topological polar surface area (TPSA) is 92.7 Å². The van der Waals surface area contributed by atoms with Gasteiger partial charge in [0.25, 0.3) is 0 Å². The highest BCUT2D eigenvalue weighted by Gasteiger charge is 2.42. The van der Waals surface area contributed by atoms with Gasteiger partial charge >= 0.3 is 11.9 Å². The molecule has 0 saturated carbocycles. The average Bonchev–Trinajstić information content (AvgIpc) is 2.75. The van der Waals surface area contributed by atoms with Gasteiger partial charge in [-0.25, -0.2) is 4.79 Å². The molecule has 1 fully saturated rings. The first-order valence-corrected chi connectivity index (χ1v) is 7.86. The average molecular weight is 311 g/mol. The molecule has 22 heavy (non-hydrogen) atoms. The Morgan fingerprint density at radius 3 is 2.50 bits per heavy atom. The summed E-state index contributed by atoms with van der Waals surface area (Å²) in [6.45, 7) is 5.29. The Labute approximate surface area is 130 Å². The Kier molecular flexibility index (Phi) is 7.63. The van der Waals surface area contributed by atoms with Crippen LogP contribution in [-0.2, 0) is 19.1 Å². The summed E-state index contributed by atoms with van der Waals surface area (Å²) in [6.07, 6.45) is 6.70. The molecule has 1 aliphatic heterocycles. The third-order valence-electron chi connectivity index (χ3n) is 3.81. The molecule has 0 aromatic rings. The molecule has 0 bridgehead atoms. The van der Waals surface area contributed by atoms with E-state index in [0.717, 1.165) is 19.3 Å². The number of amides is 1. The summed E-state index contributed by atoms with van der Waals surface area (Å²) in [5.74, 6) is -2.97. The molecule has 1 amide bonds. The van der Waals surface area contributed by atoms with Crippen LogP contribution in [0.3, 0.4) is 0 Å². The maximum Gasteiger partial charge on any atom is 0.334 e. The Balaban J connectivity index is 2.45. The number of carboxylic acids is 1. The van der Waals surface area contributed by atoms with Gasteiger partial charge in [-0.1, -0.05) is 45.6 Å². The second-order valence-electron chi connectivity index (χ2n) is 5.61. The second-order valence-corrected chi connectivity index (χ2v) is 5.61. The molecule has 1 saturated heterocycles. The number of aliphatic carboxylic acids is 1. The maximum atomic E-state index is 12.0. The van der Waals surface area contributed by atoms with Crippen LogP contribution in [0.4, 0.5) is 0 Å². The van der Waals surface area contributed by atoms with E-state index in [1.165, 1.54) is 19.3 Å². The van der Waals surface area contributed by atoms with Crippen molar-refractivity contribution in [2.75, 3.05) is 6.54 Å². The third kappa shape index (κ3) is 5.50. The number of hydrogen-bond acceptors (Lipinski definition) is 4. The predicted octanol–water partition coefficient (Wildman–Crippen LogP) is 2.04. The fraction of sp³-hybridized carbons (Fsp3) is 0.688. The first-order chi connectivity index (χ1) is 10.5. The number of cyclic esters (lactones) is 1. The lowest BCUT2D eigenvalue weighted by atomic mass is 9.92. The van der Waals surface area contributed by atoms with Gasteiger partial charge < -0.3 is 15.2 Å². The summed E-state index contributed by atoms with van der Waals surface area (Å²) >= 11 is 0. The van der Waals surface area contributed by atoms with E-state index in [1.54, 1.807) is 0 Å². The molecule has 1 aliphatic rings. The first-order valence-electron chi connectivity index (χ1n) is 7.86. The van der Waals surface area contributed by atoms with Crippen molar-refractivity contribution < 1.29 is 24.2 Å². The molecule has 0 unspecified atom stereocenters. The van der Waals surface area contributed by atoms with Crippen LogP contribution in [0, 0.1) is 5.92 Å². The van der Waals surface area contributed by atoms with Gasteiger partial charge in [0.2, 0.25) is 5.91 Å². The van der Waals surface area contributed by atoms with Gasteiger partial charge in [0.05, 0.1) is 0 Å². The first kappa shape index (κ1) is 18.2. The number of ether oxygens (including phenoxy) is 1. The molecular weight excluding hydrogens is 286 g/mol. The number of carbonyl (C=O) groups is 3. The molecule has 2 atom stereocenters. The van der Waals surface area contributed by atoms with Gasteiger partial charge in [0.15, 0.2) is 0 Å². The normalized spacial score (nSPS) is 20.8. The molecule has 0 aromatic heterocycles. The van der Waals surface area contributed by atoms with Crippen LogP contribution in [0.25, 0.3) is 0 Å². The van der Waals surface area contributed by atoms with Crippen LogP contribution in [-0.4, -0.2) is 35.6 Å². The molecule has 1 heterocycles. The van der Waals surface area contributed by atoms with Crippen molar-refractivity contribution in [3.05, 3.63) is 12.2 Å². The van der Waals surface area contributed by atoms with E-state index < -0.39 is 36.4 Å². The van der Waals surface area contributed by atoms with Crippen molar-refractivity contribution in [2.45, 2.75) is 58.0 Å². The summed E-state index contributed by atoms with van der Waals surface area (Å²) in [7, 11) is 0. The Morgan fingerprint density at radius 2 is 1.86 bits per heavy atom. The minimum atomic E-state index is -1.13. The Morgan fingerprint density at radius 1 is 1.23 bits per heavy atom. The molecule has 1 rings (SSSR count). The fourth-order valence-corrected chi connectivity index (χ4v) is 2.58. The predicted molar refractivity (Wildman–Crippen MR) is 81.1 cm³/mol. The standard InChI is InChI=1S/C16H25NO5/c1-3-4-5-6-7-8-9-12-14(11(2)16(21)22-12)15(20)17-10-13(18)19/h12,14H,2-10H2,1H3,(H,17,20)(H,18,19)/t12-,14+/m0/s1. The van der Waals surface area contributed by atoms with Crippen LogP contribution in [0.15, 0.2) is 12.2 Å². The van der Waals surface area contributed by atoms with Gasteiger partial charge in [-0.2, -0.15) is 0 Å². The molecule has 6 nitrogen and oxygen atoms in total. The highest BCUT2D eigenvalue weighted by atomic mass is 16.6. The van der Waals surface area contributed by atoms with E-state index in [4.69, 9.17) is 9.84 Å². The van der Waals surface area contributed by atoms with Crippen LogP contribution < -0.4 is 5.32 Å². The lowest BCUT2D eigenvalue weighted by Crippen LogP contribution is -2.38. The number of rotatable bonds is 10. The molecule has 0 aromatic carbocycles. The number of nitrogens with one attached hydrogen (secondary N) is 1. The highest BCUT2D eigenvalue weighted by Crippen LogP contribution is 2.30. The van der Waals surface area contributed by atoms with Crippen molar-refractivity contribution in [1.29, 1.82) is 0 Å². The van der Waals surface area contributed by atoms with Crippen molar-refractivity contribution in [1.82, 2.24) is 5.32 Å². The van der Waals surface area contributed by atoms with E-state index in [9.17, 15) is 14.4 Å². The summed E-state index contributed by atoms with van der Waals surface area (Å²) in [5.41, 5.74) is 0.110. The van der Waals surface area contributed by atoms with Gasteiger partial charge in [-0.3, -0.25) is 9.59 Å². The zero-order valence-electron chi connectivity index (χ0n) is 13.1. The molecular formula is C16H25NO5. The maximum absolute atomic E-state index is 12.0. The second kappa shape index (κ2) is 9.23.